The van der Waals surface area contributed by atoms with E-state index < -0.39 is 10.8 Å². The third-order valence-corrected chi connectivity index (χ3v) is 3.40. The fraction of sp³-hybridized carbons (Fsp3) is 0.400. The van der Waals surface area contributed by atoms with E-state index in [9.17, 15) is 9.00 Å². The van der Waals surface area contributed by atoms with E-state index in [1.807, 2.05) is 24.3 Å². The highest BCUT2D eigenvalue weighted by Gasteiger charge is 2.00. The fourth-order valence-corrected chi connectivity index (χ4v) is 1.96. The Kier molecular flexibility index (Phi) is 7.99. The standard InChI is InChI=1S/C15H20N2O3S/c1-3-11-20-14-6-4-13(5-7-14)8-9-16-15(18)17-10-12-21(2)19/h1,4-7H,8-12H2,2H3,(H2,16,17,18)/t21-/m0/s1. The molecular formula is C15H20N2O3S. The van der Waals surface area contributed by atoms with E-state index in [4.69, 9.17) is 11.2 Å². The van der Waals surface area contributed by atoms with Gasteiger partial charge in [0.15, 0.2) is 0 Å². The molecule has 114 valence electrons. The van der Waals surface area contributed by atoms with Gasteiger partial charge in [-0.1, -0.05) is 18.1 Å². The quantitative estimate of drug-likeness (QED) is 0.702. The van der Waals surface area contributed by atoms with Crippen molar-refractivity contribution < 1.29 is 13.7 Å². The van der Waals surface area contributed by atoms with Gasteiger partial charge in [0.2, 0.25) is 0 Å². The molecule has 0 saturated heterocycles. The molecule has 0 bridgehead atoms. The van der Waals surface area contributed by atoms with Crippen molar-refractivity contribution in [2.75, 3.05) is 31.7 Å². The number of carbonyl (C=O) groups is 1. The van der Waals surface area contributed by atoms with Crippen LogP contribution in [0.3, 0.4) is 0 Å². The first-order chi connectivity index (χ1) is 10.1. The van der Waals surface area contributed by atoms with Crippen molar-refractivity contribution >= 4 is 16.8 Å². The van der Waals surface area contributed by atoms with Crippen LogP contribution in [0.5, 0.6) is 5.75 Å². The van der Waals surface area contributed by atoms with Gasteiger partial charge in [0.05, 0.1) is 0 Å². The Morgan fingerprint density at radius 3 is 2.57 bits per heavy atom. The molecule has 0 aliphatic carbocycles. The molecule has 0 fully saturated rings. The smallest absolute Gasteiger partial charge is 0.314 e. The Labute approximate surface area is 127 Å². The average Bonchev–Trinajstić information content (AvgIpc) is 2.46. The van der Waals surface area contributed by atoms with E-state index in [0.717, 1.165) is 17.7 Å². The molecule has 0 unspecified atom stereocenters. The second-order valence-corrected chi connectivity index (χ2v) is 5.90. The lowest BCUT2D eigenvalue weighted by Gasteiger charge is -2.07. The van der Waals surface area contributed by atoms with Gasteiger partial charge in [-0.25, -0.2) is 4.79 Å². The summed E-state index contributed by atoms with van der Waals surface area (Å²) in [4.78, 5) is 11.4. The second-order valence-electron chi connectivity index (χ2n) is 4.35. The van der Waals surface area contributed by atoms with Gasteiger partial charge in [-0.15, -0.1) is 6.42 Å². The first-order valence-corrected chi connectivity index (χ1v) is 8.31. The Balaban J connectivity index is 2.21. The van der Waals surface area contributed by atoms with Crippen molar-refractivity contribution in [1.82, 2.24) is 10.6 Å². The lowest BCUT2D eigenvalue weighted by molar-refractivity contribution is 0.241. The highest BCUT2D eigenvalue weighted by molar-refractivity contribution is 7.84. The van der Waals surface area contributed by atoms with E-state index in [1.54, 1.807) is 6.26 Å². The minimum Gasteiger partial charge on any atom is -0.481 e. The van der Waals surface area contributed by atoms with E-state index in [2.05, 4.69) is 16.6 Å². The first-order valence-electron chi connectivity index (χ1n) is 6.58. The monoisotopic (exact) mass is 308 g/mol. The van der Waals surface area contributed by atoms with Gasteiger partial charge in [0, 0.05) is 35.9 Å². The van der Waals surface area contributed by atoms with Crippen molar-refractivity contribution in [3.05, 3.63) is 29.8 Å². The maximum atomic E-state index is 11.4. The maximum absolute atomic E-state index is 11.4. The summed E-state index contributed by atoms with van der Waals surface area (Å²) < 4.78 is 16.1. The predicted molar refractivity (Wildman–Crippen MR) is 84.8 cm³/mol. The van der Waals surface area contributed by atoms with Crippen LogP contribution in [0.4, 0.5) is 4.79 Å². The summed E-state index contributed by atoms with van der Waals surface area (Å²) in [5.41, 5.74) is 1.10. The zero-order chi connectivity index (χ0) is 15.5. The van der Waals surface area contributed by atoms with Crippen LogP contribution >= 0.6 is 0 Å². The molecule has 0 radical (unpaired) electrons. The van der Waals surface area contributed by atoms with Crippen molar-refractivity contribution in [3.63, 3.8) is 0 Å². The zero-order valence-corrected chi connectivity index (χ0v) is 12.9. The Morgan fingerprint density at radius 2 is 1.95 bits per heavy atom. The van der Waals surface area contributed by atoms with Gasteiger partial charge in [-0.2, -0.15) is 0 Å². The number of benzene rings is 1. The SMILES string of the molecule is C#CCOc1ccc(CCNC(=O)NCC[S@](C)=O)cc1. The van der Waals surface area contributed by atoms with Crippen LogP contribution in [0, 0.1) is 12.3 Å². The van der Waals surface area contributed by atoms with Crippen molar-refractivity contribution in [2.24, 2.45) is 0 Å². The zero-order valence-electron chi connectivity index (χ0n) is 12.1. The molecule has 1 rings (SSSR count). The third-order valence-electron chi connectivity index (χ3n) is 2.62. The average molecular weight is 308 g/mol. The Bertz CT molecular complexity index is 509. The van der Waals surface area contributed by atoms with Crippen LogP contribution < -0.4 is 15.4 Å². The van der Waals surface area contributed by atoms with Crippen LogP contribution in [-0.4, -0.2) is 41.9 Å². The molecule has 1 aromatic rings. The van der Waals surface area contributed by atoms with Crippen molar-refractivity contribution in [2.45, 2.75) is 6.42 Å². The van der Waals surface area contributed by atoms with Crippen LogP contribution in [0.2, 0.25) is 0 Å². The highest BCUT2D eigenvalue weighted by Crippen LogP contribution is 2.12. The number of carbonyl (C=O) groups excluding carboxylic acids is 1. The summed E-state index contributed by atoms with van der Waals surface area (Å²) in [6.45, 7) is 1.20. The number of hydrogen-bond donors (Lipinski definition) is 2. The molecule has 0 heterocycles. The highest BCUT2D eigenvalue weighted by atomic mass is 32.2. The molecule has 1 aromatic carbocycles. The number of amides is 2. The molecule has 2 N–H and O–H groups in total. The summed E-state index contributed by atoms with van der Waals surface area (Å²) in [5.74, 6) is 3.60. The number of rotatable bonds is 8. The Morgan fingerprint density at radius 1 is 1.29 bits per heavy atom. The van der Waals surface area contributed by atoms with Gasteiger partial charge in [0.25, 0.3) is 0 Å². The first kappa shape index (κ1) is 17.1. The molecule has 0 aliphatic heterocycles. The van der Waals surface area contributed by atoms with Gasteiger partial charge in [-0.3, -0.25) is 4.21 Å². The van der Waals surface area contributed by atoms with E-state index in [0.29, 0.717) is 18.8 Å². The molecular weight excluding hydrogens is 288 g/mol. The maximum Gasteiger partial charge on any atom is 0.314 e. The van der Waals surface area contributed by atoms with Crippen LogP contribution in [0.25, 0.3) is 0 Å². The van der Waals surface area contributed by atoms with Crippen LogP contribution in [0.1, 0.15) is 5.56 Å². The van der Waals surface area contributed by atoms with E-state index >= 15 is 0 Å². The summed E-state index contributed by atoms with van der Waals surface area (Å²) in [7, 11) is -0.889. The number of nitrogens with one attached hydrogen (secondary N) is 2. The number of terminal acetylenes is 1. The molecule has 5 nitrogen and oxygen atoms in total. The predicted octanol–water partition coefficient (Wildman–Crippen LogP) is 0.919. The van der Waals surface area contributed by atoms with Crippen molar-refractivity contribution in [1.29, 1.82) is 0 Å². The van der Waals surface area contributed by atoms with E-state index in [-0.39, 0.29) is 12.6 Å². The summed E-state index contributed by atoms with van der Waals surface area (Å²) in [6.07, 6.45) is 7.45. The van der Waals surface area contributed by atoms with Crippen molar-refractivity contribution in [3.8, 4) is 18.1 Å². The lowest BCUT2D eigenvalue weighted by Crippen LogP contribution is -2.38. The van der Waals surface area contributed by atoms with Gasteiger partial charge in [-0.05, 0) is 24.1 Å². The van der Waals surface area contributed by atoms with Crippen LogP contribution in [-0.2, 0) is 17.2 Å². The third kappa shape index (κ3) is 8.00. The van der Waals surface area contributed by atoms with Gasteiger partial charge >= 0.3 is 6.03 Å². The summed E-state index contributed by atoms with van der Waals surface area (Å²) >= 11 is 0. The number of hydrogen-bond acceptors (Lipinski definition) is 3. The number of urea groups is 1. The normalized spacial score (nSPS) is 11.2. The largest absolute Gasteiger partial charge is 0.481 e. The molecule has 6 heteroatoms. The minimum absolute atomic E-state index is 0.241. The summed E-state index contributed by atoms with van der Waals surface area (Å²) in [6, 6.07) is 7.33. The topological polar surface area (TPSA) is 67.4 Å². The molecule has 1 atom stereocenters. The van der Waals surface area contributed by atoms with Gasteiger partial charge < -0.3 is 15.4 Å². The fourth-order valence-electron chi connectivity index (χ4n) is 1.57. The minimum atomic E-state index is -0.889. The van der Waals surface area contributed by atoms with Crippen LogP contribution in [0.15, 0.2) is 24.3 Å². The molecule has 0 aliphatic rings. The lowest BCUT2D eigenvalue weighted by atomic mass is 10.1. The number of ether oxygens (including phenoxy) is 1. The molecule has 0 aromatic heterocycles. The van der Waals surface area contributed by atoms with E-state index in [1.165, 1.54) is 0 Å². The summed E-state index contributed by atoms with van der Waals surface area (Å²) in [5, 5.41) is 5.40. The molecule has 0 spiro atoms. The second kappa shape index (κ2) is 9.83. The Hall–Kier alpha value is -2.00. The molecule has 0 saturated carbocycles. The molecule has 21 heavy (non-hydrogen) atoms. The van der Waals surface area contributed by atoms with Gasteiger partial charge in [0.1, 0.15) is 12.4 Å². The molecule has 2 amide bonds.